The SMILES string of the molecule is Cn1cc(Nc2ncc(Cl)c(NC3COC4C3OC[C@H]4NS(=O)(=O)CC(F)(F)F)n2)cn1. The number of hydrogen-bond donors (Lipinski definition) is 3. The number of halogens is 4. The van der Waals surface area contributed by atoms with Crippen LogP contribution in [-0.4, -0.2) is 77.6 Å². The van der Waals surface area contributed by atoms with Crippen molar-refractivity contribution < 1.29 is 31.1 Å². The third kappa shape index (κ3) is 5.40. The molecule has 3 N–H and O–H groups in total. The van der Waals surface area contributed by atoms with E-state index in [-0.39, 0.29) is 30.0 Å². The van der Waals surface area contributed by atoms with E-state index >= 15 is 0 Å². The molecule has 0 spiro atoms. The van der Waals surface area contributed by atoms with Crippen LogP contribution in [0, 0.1) is 0 Å². The van der Waals surface area contributed by atoms with Gasteiger partial charge in [0.15, 0.2) is 11.6 Å². The number of alkyl halides is 3. The zero-order valence-electron chi connectivity index (χ0n) is 16.5. The molecule has 2 aromatic heterocycles. The molecule has 16 heteroatoms. The van der Waals surface area contributed by atoms with Crippen LogP contribution < -0.4 is 15.4 Å². The van der Waals surface area contributed by atoms with Crippen molar-refractivity contribution in [3.63, 3.8) is 0 Å². The predicted octanol–water partition coefficient (Wildman–Crippen LogP) is 1.04. The Balaban J connectivity index is 1.41. The summed E-state index contributed by atoms with van der Waals surface area (Å²) in [5.41, 5.74) is 0.665. The van der Waals surface area contributed by atoms with Crippen LogP contribution >= 0.6 is 11.6 Å². The zero-order valence-corrected chi connectivity index (χ0v) is 18.1. The van der Waals surface area contributed by atoms with E-state index in [0.717, 1.165) is 0 Å². The molecule has 2 aliphatic rings. The van der Waals surface area contributed by atoms with Gasteiger partial charge in [0.2, 0.25) is 16.0 Å². The number of hydrogen-bond acceptors (Lipinski definition) is 9. The Labute approximate surface area is 185 Å². The number of nitrogens with zero attached hydrogens (tertiary/aromatic N) is 4. The molecule has 4 rings (SSSR count). The Bertz CT molecular complexity index is 1080. The number of nitrogens with one attached hydrogen (secondary N) is 3. The summed E-state index contributed by atoms with van der Waals surface area (Å²) in [5, 5.41) is 10.3. The molecule has 2 aliphatic heterocycles. The van der Waals surface area contributed by atoms with Gasteiger partial charge in [0, 0.05) is 13.2 Å². The number of ether oxygens (including phenoxy) is 2. The lowest BCUT2D eigenvalue weighted by Crippen LogP contribution is -2.47. The zero-order chi connectivity index (χ0) is 23.1. The summed E-state index contributed by atoms with van der Waals surface area (Å²) in [6.45, 7) is -0.0194. The lowest BCUT2D eigenvalue weighted by atomic mass is 10.1. The minimum Gasteiger partial charge on any atom is -0.371 e. The number of anilines is 3. The molecular formula is C16H19ClF3N7O4S. The summed E-state index contributed by atoms with van der Waals surface area (Å²) in [7, 11) is -2.83. The molecule has 2 fully saturated rings. The first kappa shape index (κ1) is 23.0. The Morgan fingerprint density at radius 2 is 1.91 bits per heavy atom. The molecule has 2 aromatic rings. The Morgan fingerprint density at radius 1 is 1.22 bits per heavy atom. The van der Waals surface area contributed by atoms with E-state index in [1.807, 2.05) is 4.72 Å². The lowest BCUT2D eigenvalue weighted by molar-refractivity contribution is -0.106. The molecule has 0 aliphatic carbocycles. The highest BCUT2D eigenvalue weighted by Gasteiger charge is 2.50. The maximum absolute atomic E-state index is 12.5. The standard InChI is InChI=1S/C16H19ClF3N7O4S/c1-27-4-8(2-22-27)23-15-21-3-9(17)14(25-15)24-10-5-30-13-11(6-31-12(10)13)26-32(28,29)7-16(18,19)20/h2-4,10-13,26H,5-7H2,1H3,(H2,21,23,24,25)/t10?,11-,12?,13?/m1/s1. The van der Waals surface area contributed by atoms with Gasteiger partial charge in [-0.25, -0.2) is 18.1 Å². The smallest absolute Gasteiger partial charge is 0.371 e. The minimum absolute atomic E-state index is 0.110. The third-order valence-electron chi connectivity index (χ3n) is 4.77. The van der Waals surface area contributed by atoms with E-state index in [1.54, 1.807) is 24.1 Å². The van der Waals surface area contributed by atoms with Crippen LogP contribution in [0.15, 0.2) is 18.6 Å². The van der Waals surface area contributed by atoms with Gasteiger partial charge in [-0.05, 0) is 0 Å². The molecule has 176 valence electrons. The Hall–Kier alpha value is -2.20. The van der Waals surface area contributed by atoms with Crippen LogP contribution in [-0.2, 0) is 26.5 Å². The number of rotatable bonds is 7. The number of aromatic nitrogens is 4. The second kappa shape index (κ2) is 8.62. The largest absolute Gasteiger partial charge is 0.404 e. The molecule has 4 atom stereocenters. The maximum atomic E-state index is 12.5. The fourth-order valence-electron chi connectivity index (χ4n) is 3.53. The average molecular weight is 498 g/mol. The van der Waals surface area contributed by atoms with Gasteiger partial charge in [0.05, 0.1) is 43.4 Å². The quantitative estimate of drug-likeness (QED) is 0.513. The first-order valence-corrected chi connectivity index (χ1v) is 11.4. The Morgan fingerprint density at radius 3 is 2.56 bits per heavy atom. The van der Waals surface area contributed by atoms with Crippen molar-refractivity contribution in [2.24, 2.45) is 7.05 Å². The van der Waals surface area contributed by atoms with Crippen molar-refractivity contribution in [1.82, 2.24) is 24.5 Å². The van der Waals surface area contributed by atoms with E-state index in [4.69, 9.17) is 21.1 Å². The maximum Gasteiger partial charge on any atom is 0.404 e. The van der Waals surface area contributed by atoms with Gasteiger partial charge in [-0.3, -0.25) is 4.68 Å². The molecule has 0 radical (unpaired) electrons. The summed E-state index contributed by atoms with van der Waals surface area (Å²) in [6.07, 6.45) is -1.51. The third-order valence-corrected chi connectivity index (χ3v) is 6.41. The summed E-state index contributed by atoms with van der Waals surface area (Å²) < 4.78 is 75.9. The van der Waals surface area contributed by atoms with Crippen LogP contribution in [0.25, 0.3) is 0 Å². The van der Waals surface area contributed by atoms with E-state index in [0.29, 0.717) is 5.69 Å². The molecule has 2 saturated heterocycles. The van der Waals surface area contributed by atoms with Gasteiger partial charge in [-0.2, -0.15) is 23.3 Å². The van der Waals surface area contributed by atoms with Gasteiger partial charge < -0.3 is 20.1 Å². The highest BCUT2D eigenvalue weighted by molar-refractivity contribution is 7.89. The van der Waals surface area contributed by atoms with Crippen molar-refractivity contribution in [3.8, 4) is 0 Å². The highest BCUT2D eigenvalue weighted by atomic mass is 35.5. The summed E-state index contributed by atoms with van der Waals surface area (Å²) in [5.74, 6) is -1.43. The topological polar surface area (TPSA) is 132 Å². The van der Waals surface area contributed by atoms with Crippen molar-refractivity contribution in [1.29, 1.82) is 0 Å². The molecule has 11 nitrogen and oxygen atoms in total. The van der Waals surface area contributed by atoms with E-state index in [9.17, 15) is 21.6 Å². The average Bonchev–Trinajstić information content (AvgIpc) is 3.35. The molecule has 0 bridgehead atoms. The molecule has 4 heterocycles. The van der Waals surface area contributed by atoms with Crippen molar-refractivity contribution in [2.75, 3.05) is 29.6 Å². The second-order valence-corrected chi connectivity index (χ2v) is 9.52. The molecule has 3 unspecified atom stereocenters. The van der Waals surface area contributed by atoms with Gasteiger partial charge >= 0.3 is 6.18 Å². The van der Waals surface area contributed by atoms with Crippen LogP contribution in [0.1, 0.15) is 0 Å². The van der Waals surface area contributed by atoms with Crippen molar-refractivity contribution in [3.05, 3.63) is 23.6 Å². The normalized spacial score (nSPS) is 25.7. The van der Waals surface area contributed by atoms with Crippen LogP contribution in [0.5, 0.6) is 0 Å². The fraction of sp³-hybridized carbons (Fsp3) is 0.562. The predicted molar refractivity (Wildman–Crippen MR) is 107 cm³/mol. The van der Waals surface area contributed by atoms with E-state index in [1.165, 1.54) is 6.20 Å². The summed E-state index contributed by atoms with van der Waals surface area (Å²) >= 11 is 6.19. The number of sulfonamides is 1. The first-order chi connectivity index (χ1) is 15.0. The van der Waals surface area contributed by atoms with Gasteiger partial charge in [0.1, 0.15) is 17.2 Å². The van der Waals surface area contributed by atoms with E-state index in [2.05, 4.69) is 25.7 Å². The Kier molecular flexibility index (Phi) is 6.19. The molecule has 32 heavy (non-hydrogen) atoms. The highest BCUT2D eigenvalue weighted by Crippen LogP contribution is 2.31. The first-order valence-electron chi connectivity index (χ1n) is 9.34. The lowest BCUT2D eigenvalue weighted by Gasteiger charge is -2.19. The molecular weight excluding hydrogens is 479 g/mol. The number of aryl methyl sites for hydroxylation is 1. The second-order valence-electron chi connectivity index (χ2n) is 7.36. The van der Waals surface area contributed by atoms with E-state index < -0.39 is 46.2 Å². The fourth-order valence-corrected chi connectivity index (χ4v) is 4.85. The molecule has 0 saturated carbocycles. The van der Waals surface area contributed by atoms with Crippen molar-refractivity contribution >= 4 is 39.1 Å². The van der Waals surface area contributed by atoms with Crippen LogP contribution in [0.3, 0.4) is 0 Å². The minimum atomic E-state index is -4.85. The van der Waals surface area contributed by atoms with Gasteiger partial charge in [-0.15, -0.1) is 0 Å². The monoisotopic (exact) mass is 497 g/mol. The van der Waals surface area contributed by atoms with Crippen LogP contribution in [0.2, 0.25) is 5.02 Å². The van der Waals surface area contributed by atoms with Gasteiger partial charge in [0.25, 0.3) is 0 Å². The summed E-state index contributed by atoms with van der Waals surface area (Å²) in [4.78, 5) is 8.43. The van der Waals surface area contributed by atoms with Gasteiger partial charge in [-0.1, -0.05) is 11.6 Å². The number of fused-ring (bicyclic) bond motifs is 1. The van der Waals surface area contributed by atoms with Crippen LogP contribution in [0.4, 0.5) is 30.6 Å². The van der Waals surface area contributed by atoms with Crippen molar-refractivity contribution in [2.45, 2.75) is 30.5 Å². The molecule has 0 aromatic carbocycles. The summed E-state index contributed by atoms with van der Waals surface area (Å²) in [6, 6.07) is -1.40. The molecule has 0 amide bonds.